The van der Waals surface area contributed by atoms with Crippen LogP contribution in [0, 0.1) is 0 Å². The molecule has 0 bridgehead atoms. The third kappa shape index (κ3) is 1.96. The molecule has 0 aromatic carbocycles. The van der Waals surface area contributed by atoms with Gasteiger partial charge < -0.3 is 4.98 Å². The number of likely N-dealkylation sites (N-methyl/N-ethyl adjacent to an activating group) is 1. The number of aromatic amines is 1. The first-order chi connectivity index (χ1) is 6.09. The Morgan fingerprint density at radius 2 is 2.46 bits per heavy atom. The number of aromatic nitrogens is 2. The second kappa shape index (κ2) is 3.71. The van der Waals surface area contributed by atoms with Gasteiger partial charge in [-0.15, -0.1) is 6.58 Å². The Hall–Kier alpha value is -1.14. The summed E-state index contributed by atoms with van der Waals surface area (Å²) in [5, 5.41) is 0.0943. The number of nitrogens with zero attached hydrogens (tertiary/aromatic N) is 2. The van der Waals surface area contributed by atoms with E-state index in [1.54, 1.807) is 0 Å². The Morgan fingerprint density at radius 3 is 2.92 bits per heavy atom. The molecule has 0 radical (unpaired) electrons. The summed E-state index contributed by atoms with van der Waals surface area (Å²) in [7, 11) is -1.93. The van der Waals surface area contributed by atoms with Crippen molar-refractivity contribution in [1.29, 1.82) is 0 Å². The standard InChI is InChI=1S/C7H11N3O2S/c1-3-4-10(2)13(11,12)7-5-8-6-9-7/h3,5-6H,1,4H2,2H3,(H,8,9). The molecule has 0 fully saturated rings. The molecule has 1 aromatic heterocycles. The molecule has 6 heteroatoms. The molecular weight excluding hydrogens is 190 g/mol. The van der Waals surface area contributed by atoms with Crippen LogP contribution in [0.1, 0.15) is 0 Å². The summed E-state index contributed by atoms with van der Waals surface area (Å²) in [5.74, 6) is 0. The van der Waals surface area contributed by atoms with Gasteiger partial charge in [-0.25, -0.2) is 13.4 Å². The summed E-state index contributed by atoms with van der Waals surface area (Å²) >= 11 is 0. The van der Waals surface area contributed by atoms with Gasteiger partial charge in [-0.2, -0.15) is 4.31 Å². The van der Waals surface area contributed by atoms with E-state index >= 15 is 0 Å². The fraction of sp³-hybridized carbons (Fsp3) is 0.286. The van der Waals surface area contributed by atoms with E-state index in [9.17, 15) is 8.42 Å². The van der Waals surface area contributed by atoms with E-state index in [-0.39, 0.29) is 11.6 Å². The van der Waals surface area contributed by atoms with Crippen LogP contribution in [0.3, 0.4) is 0 Å². The minimum atomic E-state index is -3.41. The molecule has 1 rings (SSSR count). The molecule has 0 aliphatic heterocycles. The van der Waals surface area contributed by atoms with Gasteiger partial charge in [0.1, 0.15) is 0 Å². The van der Waals surface area contributed by atoms with Crippen LogP contribution >= 0.6 is 0 Å². The molecule has 5 nitrogen and oxygen atoms in total. The van der Waals surface area contributed by atoms with Crippen LogP contribution in [-0.4, -0.2) is 36.3 Å². The van der Waals surface area contributed by atoms with Gasteiger partial charge in [-0.05, 0) is 0 Å². The monoisotopic (exact) mass is 201 g/mol. The number of H-pyrrole nitrogens is 1. The first-order valence-electron chi connectivity index (χ1n) is 3.64. The van der Waals surface area contributed by atoms with Crippen LogP contribution in [0.4, 0.5) is 0 Å². The fourth-order valence-corrected chi connectivity index (χ4v) is 1.87. The maximum absolute atomic E-state index is 11.6. The van der Waals surface area contributed by atoms with Crippen molar-refractivity contribution in [3.63, 3.8) is 0 Å². The van der Waals surface area contributed by atoms with Crippen molar-refractivity contribution < 1.29 is 8.42 Å². The van der Waals surface area contributed by atoms with Crippen LogP contribution in [0.25, 0.3) is 0 Å². The summed E-state index contributed by atoms with van der Waals surface area (Å²) in [6.45, 7) is 3.74. The van der Waals surface area contributed by atoms with Gasteiger partial charge in [0.15, 0.2) is 5.03 Å². The van der Waals surface area contributed by atoms with Crippen LogP contribution < -0.4 is 0 Å². The van der Waals surface area contributed by atoms with Gasteiger partial charge in [0.2, 0.25) is 0 Å². The summed E-state index contributed by atoms with van der Waals surface area (Å²) in [6, 6.07) is 0. The van der Waals surface area contributed by atoms with E-state index < -0.39 is 10.0 Å². The van der Waals surface area contributed by atoms with Gasteiger partial charge in [-0.1, -0.05) is 6.08 Å². The minimum Gasteiger partial charge on any atom is -0.335 e. The van der Waals surface area contributed by atoms with E-state index in [1.165, 1.54) is 30.0 Å². The van der Waals surface area contributed by atoms with Crippen LogP contribution in [0.2, 0.25) is 0 Å². The highest BCUT2D eigenvalue weighted by Crippen LogP contribution is 2.08. The van der Waals surface area contributed by atoms with Gasteiger partial charge in [0, 0.05) is 13.6 Å². The third-order valence-corrected chi connectivity index (χ3v) is 3.30. The number of sulfonamides is 1. The molecule has 0 saturated carbocycles. The van der Waals surface area contributed by atoms with Crippen LogP contribution in [0.15, 0.2) is 30.2 Å². The van der Waals surface area contributed by atoms with Crippen molar-refractivity contribution >= 4 is 10.0 Å². The van der Waals surface area contributed by atoms with Gasteiger partial charge >= 0.3 is 0 Å². The van der Waals surface area contributed by atoms with E-state index in [1.807, 2.05) is 0 Å². The third-order valence-electron chi connectivity index (χ3n) is 1.55. The number of rotatable bonds is 4. The zero-order chi connectivity index (χ0) is 9.90. The molecule has 0 unspecified atom stereocenters. The van der Waals surface area contributed by atoms with E-state index in [0.717, 1.165) is 0 Å². The summed E-state index contributed by atoms with van der Waals surface area (Å²) in [4.78, 5) is 6.19. The topological polar surface area (TPSA) is 66.1 Å². The van der Waals surface area contributed by atoms with Crippen LogP contribution in [0.5, 0.6) is 0 Å². The predicted molar refractivity (Wildman–Crippen MR) is 48.6 cm³/mol. The second-order valence-corrected chi connectivity index (χ2v) is 4.50. The van der Waals surface area contributed by atoms with Crippen molar-refractivity contribution in [3.05, 3.63) is 25.2 Å². The number of nitrogens with one attached hydrogen (secondary N) is 1. The average Bonchev–Trinajstić information content (AvgIpc) is 2.56. The van der Waals surface area contributed by atoms with Gasteiger partial charge in [-0.3, -0.25) is 0 Å². The lowest BCUT2D eigenvalue weighted by molar-refractivity contribution is 0.496. The Labute approximate surface area is 77.2 Å². The Balaban J connectivity index is 2.96. The van der Waals surface area contributed by atoms with Crippen molar-refractivity contribution in [2.75, 3.05) is 13.6 Å². The Bertz CT molecular complexity index is 368. The molecule has 0 aliphatic carbocycles. The zero-order valence-corrected chi connectivity index (χ0v) is 8.08. The minimum absolute atomic E-state index is 0.0943. The highest BCUT2D eigenvalue weighted by Gasteiger charge is 2.20. The van der Waals surface area contributed by atoms with Crippen molar-refractivity contribution in [2.45, 2.75) is 5.03 Å². The Morgan fingerprint density at radius 1 is 1.77 bits per heavy atom. The predicted octanol–water partition coefficient (Wildman–Crippen LogP) is 0.216. The molecular formula is C7H11N3O2S. The molecule has 0 spiro atoms. The van der Waals surface area contributed by atoms with Gasteiger partial charge in [0.25, 0.3) is 10.0 Å². The van der Waals surface area contributed by atoms with Crippen molar-refractivity contribution in [2.24, 2.45) is 0 Å². The lowest BCUT2D eigenvalue weighted by atomic mass is 10.6. The smallest absolute Gasteiger partial charge is 0.260 e. The average molecular weight is 201 g/mol. The first kappa shape index (κ1) is 9.94. The highest BCUT2D eigenvalue weighted by molar-refractivity contribution is 7.89. The molecule has 0 saturated heterocycles. The molecule has 0 aliphatic rings. The second-order valence-electron chi connectivity index (χ2n) is 2.49. The molecule has 13 heavy (non-hydrogen) atoms. The lowest BCUT2D eigenvalue weighted by Crippen LogP contribution is -2.27. The number of imidazole rings is 1. The van der Waals surface area contributed by atoms with E-state index in [0.29, 0.717) is 0 Å². The largest absolute Gasteiger partial charge is 0.335 e. The summed E-state index contributed by atoms with van der Waals surface area (Å²) in [5.41, 5.74) is 0. The first-order valence-corrected chi connectivity index (χ1v) is 5.08. The van der Waals surface area contributed by atoms with Crippen LogP contribution in [-0.2, 0) is 10.0 Å². The van der Waals surface area contributed by atoms with E-state index in [4.69, 9.17) is 0 Å². The van der Waals surface area contributed by atoms with Crippen molar-refractivity contribution in [1.82, 2.24) is 14.3 Å². The molecule has 0 amide bonds. The van der Waals surface area contributed by atoms with Gasteiger partial charge in [0.05, 0.1) is 12.5 Å². The normalized spacial score (nSPS) is 11.8. The van der Waals surface area contributed by atoms with Crippen molar-refractivity contribution in [3.8, 4) is 0 Å². The molecule has 72 valence electrons. The van der Waals surface area contributed by atoms with E-state index in [2.05, 4.69) is 16.5 Å². The molecule has 1 N–H and O–H groups in total. The Kier molecular flexibility index (Phi) is 2.84. The lowest BCUT2D eigenvalue weighted by Gasteiger charge is -2.12. The molecule has 1 aromatic rings. The number of hydrogen-bond acceptors (Lipinski definition) is 3. The zero-order valence-electron chi connectivity index (χ0n) is 7.27. The molecule has 0 atom stereocenters. The summed E-state index contributed by atoms with van der Waals surface area (Å²) < 4.78 is 24.4. The number of hydrogen-bond donors (Lipinski definition) is 1. The summed E-state index contributed by atoms with van der Waals surface area (Å²) in [6.07, 6.45) is 4.12. The highest BCUT2D eigenvalue weighted by atomic mass is 32.2. The maximum atomic E-state index is 11.6. The fourth-order valence-electron chi connectivity index (χ4n) is 0.832. The quantitative estimate of drug-likeness (QED) is 0.708. The SMILES string of the molecule is C=CCN(C)S(=O)(=O)c1cnc[nH]1. The molecule has 1 heterocycles. The maximum Gasteiger partial charge on any atom is 0.260 e.